The van der Waals surface area contributed by atoms with E-state index < -0.39 is 18.3 Å². The average molecular weight is 343 g/mol. The Balaban J connectivity index is 0.00000220. The summed E-state index contributed by atoms with van der Waals surface area (Å²) >= 11 is 5.52. The topological polar surface area (TPSA) is 9.23 Å². The monoisotopic (exact) mass is 342 g/mol. The molecule has 2 aromatic carbocycles. The summed E-state index contributed by atoms with van der Waals surface area (Å²) in [5.41, 5.74) is -0.404. The summed E-state index contributed by atoms with van der Waals surface area (Å²) in [6.07, 6.45) is 0. The van der Waals surface area contributed by atoms with E-state index in [9.17, 15) is 17.3 Å². The van der Waals surface area contributed by atoms with Crippen LogP contribution in [0, 0.1) is 5.82 Å². The van der Waals surface area contributed by atoms with Gasteiger partial charge in [0, 0.05) is 0 Å². The zero-order valence-electron chi connectivity index (χ0n) is 11.1. The zero-order chi connectivity index (χ0) is 14.8. The smallest absolute Gasteiger partial charge is 0.492 e. The molecule has 0 fully saturated rings. The van der Waals surface area contributed by atoms with Crippen molar-refractivity contribution in [3.05, 3.63) is 58.9 Å². The summed E-state index contributed by atoms with van der Waals surface area (Å²) < 4.78 is 56.7. The Morgan fingerprint density at radius 2 is 1.71 bits per heavy atom. The van der Waals surface area contributed by atoms with Crippen LogP contribution in [0.3, 0.4) is 0 Å². The van der Waals surface area contributed by atoms with Crippen molar-refractivity contribution in [1.82, 2.24) is 0 Å². The molecule has 2 rings (SSSR count). The van der Waals surface area contributed by atoms with Gasteiger partial charge in [0.1, 0.15) is 12.4 Å². The number of hydrogen-bond donors (Lipinski definition) is 0. The fourth-order valence-corrected chi connectivity index (χ4v) is 1.79. The molecule has 8 heteroatoms. The van der Waals surface area contributed by atoms with Crippen LogP contribution in [0.1, 0.15) is 5.56 Å². The van der Waals surface area contributed by atoms with Crippen LogP contribution >= 0.6 is 11.6 Å². The van der Waals surface area contributed by atoms with E-state index in [-0.39, 0.29) is 68.8 Å². The molecule has 2 aromatic rings. The molecule has 0 aliphatic heterocycles. The van der Waals surface area contributed by atoms with Gasteiger partial charge >= 0.3 is 58.4 Å². The molecule has 0 N–H and O–H groups in total. The molecule has 0 aromatic heterocycles. The maximum Gasteiger partial charge on any atom is 1.00 e. The molecule has 1 nitrogen and oxygen atoms in total. The molecule has 0 unspecified atom stereocenters. The van der Waals surface area contributed by atoms with E-state index in [4.69, 9.17) is 16.3 Å². The second-order valence-corrected chi connectivity index (χ2v) is 4.56. The van der Waals surface area contributed by atoms with Gasteiger partial charge in [-0.25, -0.2) is 4.39 Å². The molecular weight excluding hydrogens is 333 g/mol. The largest absolute Gasteiger partial charge is 1.00 e. The SMILES string of the molecule is Fc1cc(COc2ccccc2[B-](F)(F)F)ccc1Cl.[K+]. The first-order chi connectivity index (χ1) is 9.38. The van der Waals surface area contributed by atoms with Crippen molar-refractivity contribution in [3.8, 4) is 5.75 Å². The summed E-state index contributed by atoms with van der Waals surface area (Å²) in [6, 6.07) is 8.88. The molecule has 0 radical (unpaired) electrons. The van der Waals surface area contributed by atoms with Crippen LogP contribution in [-0.2, 0) is 6.61 Å². The number of benzene rings is 2. The van der Waals surface area contributed by atoms with Crippen molar-refractivity contribution in [2.75, 3.05) is 0 Å². The molecule has 21 heavy (non-hydrogen) atoms. The summed E-state index contributed by atoms with van der Waals surface area (Å²) in [5.74, 6) is -0.906. The maximum atomic E-state index is 13.2. The number of para-hydroxylation sites is 1. The second kappa shape index (κ2) is 7.99. The minimum atomic E-state index is -5.15. The van der Waals surface area contributed by atoms with E-state index in [0.717, 1.165) is 12.1 Å². The van der Waals surface area contributed by atoms with Crippen LogP contribution in [0.4, 0.5) is 17.3 Å². The third-order valence-electron chi connectivity index (χ3n) is 2.65. The Kier molecular flexibility index (Phi) is 7.23. The van der Waals surface area contributed by atoms with Crippen LogP contribution in [0.15, 0.2) is 42.5 Å². The molecule has 0 atom stereocenters. The van der Waals surface area contributed by atoms with Crippen molar-refractivity contribution < 1.29 is 73.5 Å². The third kappa shape index (κ3) is 5.26. The predicted molar refractivity (Wildman–Crippen MR) is 70.9 cm³/mol. The van der Waals surface area contributed by atoms with Gasteiger partial charge in [0.25, 0.3) is 0 Å². The van der Waals surface area contributed by atoms with Crippen LogP contribution < -0.4 is 61.6 Å². The van der Waals surface area contributed by atoms with E-state index >= 15 is 0 Å². The van der Waals surface area contributed by atoms with Crippen LogP contribution in [0.2, 0.25) is 5.02 Å². The quantitative estimate of drug-likeness (QED) is 0.598. The molecule has 106 valence electrons. The molecule has 0 aliphatic rings. The Morgan fingerprint density at radius 3 is 2.33 bits per heavy atom. The Labute approximate surface area is 167 Å². The first kappa shape index (κ1) is 19.0. The van der Waals surface area contributed by atoms with Crippen molar-refractivity contribution in [2.24, 2.45) is 0 Å². The van der Waals surface area contributed by atoms with Gasteiger partial charge in [0.15, 0.2) is 0 Å². The van der Waals surface area contributed by atoms with E-state index in [1.807, 2.05) is 0 Å². The van der Waals surface area contributed by atoms with Crippen molar-refractivity contribution in [2.45, 2.75) is 6.61 Å². The van der Waals surface area contributed by atoms with E-state index in [1.54, 1.807) is 0 Å². The molecule has 0 saturated carbocycles. The second-order valence-electron chi connectivity index (χ2n) is 4.15. The van der Waals surface area contributed by atoms with Crippen LogP contribution in [0.5, 0.6) is 5.75 Å². The van der Waals surface area contributed by atoms with Gasteiger partial charge in [0.2, 0.25) is 0 Å². The molecular formula is C13H9BClF4KO. The van der Waals surface area contributed by atoms with Crippen molar-refractivity contribution in [3.63, 3.8) is 0 Å². The minimum absolute atomic E-state index is 0. The summed E-state index contributed by atoms with van der Waals surface area (Å²) in [6.45, 7) is -5.32. The van der Waals surface area contributed by atoms with Gasteiger partial charge in [0.05, 0.1) is 10.8 Å². The van der Waals surface area contributed by atoms with E-state index in [2.05, 4.69) is 0 Å². The Morgan fingerprint density at radius 1 is 1.05 bits per heavy atom. The van der Waals surface area contributed by atoms with Gasteiger partial charge in [-0.2, -0.15) is 0 Å². The molecule has 0 bridgehead atoms. The number of hydrogen-bond acceptors (Lipinski definition) is 1. The normalized spacial score (nSPS) is 10.9. The van der Waals surface area contributed by atoms with Gasteiger partial charge in [-0.3, -0.25) is 0 Å². The summed E-state index contributed by atoms with van der Waals surface area (Å²) in [5, 5.41) is -0.0484. The summed E-state index contributed by atoms with van der Waals surface area (Å²) in [4.78, 5) is 0. The Hall–Kier alpha value is -0.0487. The first-order valence-electron chi connectivity index (χ1n) is 5.73. The maximum absolute atomic E-state index is 13.2. The summed E-state index contributed by atoms with van der Waals surface area (Å²) in [7, 11) is 0. The number of halogens is 5. The molecule has 0 heterocycles. The fraction of sp³-hybridized carbons (Fsp3) is 0.0769. The van der Waals surface area contributed by atoms with E-state index in [0.29, 0.717) is 5.56 Å². The number of ether oxygens (including phenoxy) is 1. The van der Waals surface area contributed by atoms with E-state index in [1.165, 1.54) is 30.3 Å². The predicted octanol–water partition coefficient (Wildman–Crippen LogP) is 1.12. The van der Waals surface area contributed by atoms with Gasteiger partial charge in [-0.15, -0.1) is 0 Å². The zero-order valence-corrected chi connectivity index (χ0v) is 15.0. The van der Waals surface area contributed by atoms with Gasteiger partial charge in [-0.1, -0.05) is 41.3 Å². The molecule has 0 spiro atoms. The molecule has 0 saturated heterocycles. The van der Waals surface area contributed by atoms with Crippen LogP contribution in [0.25, 0.3) is 0 Å². The molecule has 0 amide bonds. The van der Waals surface area contributed by atoms with Crippen molar-refractivity contribution in [1.29, 1.82) is 0 Å². The third-order valence-corrected chi connectivity index (χ3v) is 2.96. The fourth-order valence-electron chi connectivity index (χ4n) is 1.67. The standard InChI is InChI=1S/C13H9BClF4O.K/c15-11-6-5-9(7-12(11)16)8-20-13-4-2-1-3-10(13)14(17,18)19;/h1-7H,8H2;/q-1;+1. The van der Waals surface area contributed by atoms with Crippen LogP contribution in [-0.4, -0.2) is 6.98 Å². The number of rotatable bonds is 4. The minimum Gasteiger partial charge on any atom is -0.492 e. The Bertz CT molecular complexity index is 621. The first-order valence-corrected chi connectivity index (χ1v) is 6.11. The van der Waals surface area contributed by atoms with Crippen molar-refractivity contribution >= 4 is 24.0 Å². The average Bonchev–Trinajstić information content (AvgIpc) is 2.39. The van der Waals surface area contributed by atoms with Gasteiger partial charge in [-0.05, 0) is 23.8 Å². The van der Waals surface area contributed by atoms with Gasteiger partial charge < -0.3 is 17.7 Å². The molecule has 0 aliphatic carbocycles.